The van der Waals surface area contributed by atoms with Crippen molar-refractivity contribution in [2.45, 2.75) is 27.7 Å². The van der Waals surface area contributed by atoms with E-state index >= 15 is 0 Å². The first-order valence-electron chi connectivity index (χ1n) is 7.47. The van der Waals surface area contributed by atoms with E-state index in [1.54, 1.807) is 12.1 Å². The van der Waals surface area contributed by atoms with Gasteiger partial charge in [-0.2, -0.15) is 10.5 Å². The summed E-state index contributed by atoms with van der Waals surface area (Å²) in [5, 5.41) is 18.6. The molecule has 0 saturated carbocycles. The molecule has 26 heavy (non-hydrogen) atoms. The summed E-state index contributed by atoms with van der Waals surface area (Å²) in [5.41, 5.74) is 0.750. The topological polar surface area (TPSA) is 56.3 Å². The van der Waals surface area contributed by atoms with Crippen LogP contribution in [-0.4, -0.2) is 0 Å². The van der Waals surface area contributed by atoms with Crippen LogP contribution in [0.25, 0.3) is 20.8 Å². The van der Waals surface area contributed by atoms with Crippen LogP contribution in [0.2, 0.25) is 0 Å². The fourth-order valence-electron chi connectivity index (χ4n) is 3.23. The SMILES string of the molecule is [C-]#[N+]c1c(C)c(-c2c(C)c(C#N)c(F)c([N+]#[C-])c2C)c(C)c(C#N)c1F. The predicted molar refractivity (Wildman–Crippen MR) is 92.7 cm³/mol. The standard InChI is InChI=1S/C20H12F2N4/c1-9-13(7-23)17(21)19(25-5)11(3)15(9)16-10(2)14(8-24)18(22)20(26-6)12(16)4/h1-4H3. The Labute approximate surface area is 150 Å². The number of nitriles is 2. The normalized spacial score (nSPS) is 9.77. The number of hydrogen-bond acceptors (Lipinski definition) is 2. The van der Waals surface area contributed by atoms with Crippen LogP contribution in [0.1, 0.15) is 33.4 Å². The van der Waals surface area contributed by atoms with Crippen LogP contribution in [-0.2, 0) is 0 Å². The van der Waals surface area contributed by atoms with Gasteiger partial charge in [-0.25, -0.2) is 18.5 Å². The Kier molecular flexibility index (Phi) is 4.75. The van der Waals surface area contributed by atoms with Crippen molar-refractivity contribution < 1.29 is 8.78 Å². The maximum atomic E-state index is 14.4. The molecular weight excluding hydrogens is 334 g/mol. The van der Waals surface area contributed by atoms with Crippen LogP contribution < -0.4 is 0 Å². The minimum absolute atomic E-state index is 0.275. The summed E-state index contributed by atoms with van der Waals surface area (Å²) in [6, 6.07) is 3.53. The first-order chi connectivity index (χ1) is 12.3. The molecule has 0 amide bonds. The molecule has 0 aliphatic carbocycles. The van der Waals surface area contributed by atoms with Gasteiger partial charge in [-0.3, -0.25) is 0 Å². The molecule has 0 unspecified atom stereocenters. The molecular formula is C20H12F2N4. The fraction of sp³-hybridized carbons (Fsp3) is 0.200. The van der Waals surface area contributed by atoms with Crippen LogP contribution in [0.3, 0.4) is 0 Å². The summed E-state index contributed by atoms with van der Waals surface area (Å²) < 4.78 is 28.9. The van der Waals surface area contributed by atoms with E-state index < -0.39 is 11.6 Å². The lowest BCUT2D eigenvalue weighted by molar-refractivity contribution is 0.626. The van der Waals surface area contributed by atoms with Gasteiger partial charge in [0.05, 0.1) is 24.3 Å². The number of rotatable bonds is 1. The first kappa shape index (κ1) is 18.6. The molecule has 2 aromatic carbocycles. The Morgan fingerprint density at radius 3 is 1.23 bits per heavy atom. The molecule has 0 aromatic heterocycles. The third-order valence-electron chi connectivity index (χ3n) is 4.51. The highest BCUT2D eigenvalue weighted by Crippen LogP contribution is 2.44. The van der Waals surface area contributed by atoms with Crippen molar-refractivity contribution >= 4 is 11.4 Å². The lowest BCUT2D eigenvalue weighted by atomic mass is 9.84. The molecule has 4 nitrogen and oxygen atoms in total. The van der Waals surface area contributed by atoms with E-state index in [0.29, 0.717) is 11.1 Å². The van der Waals surface area contributed by atoms with Gasteiger partial charge in [-0.1, -0.05) is 0 Å². The Bertz CT molecular complexity index is 960. The molecule has 2 rings (SSSR count). The number of halogens is 2. The molecule has 126 valence electrons. The van der Waals surface area contributed by atoms with Crippen molar-refractivity contribution in [1.29, 1.82) is 10.5 Å². The van der Waals surface area contributed by atoms with Crippen LogP contribution in [0.5, 0.6) is 0 Å². The summed E-state index contributed by atoms with van der Waals surface area (Å²) >= 11 is 0. The monoisotopic (exact) mass is 346 g/mol. The van der Waals surface area contributed by atoms with Gasteiger partial charge < -0.3 is 0 Å². The van der Waals surface area contributed by atoms with Gasteiger partial charge >= 0.3 is 0 Å². The lowest BCUT2D eigenvalue weighted by Crippen LogP contribution is -2.03. The Balaban J connectivity index is 3.20. The molecule has 0 fully saturated rings. The van der Waals surface area contributed by atoms with Gasteiger partial charge in [-0.15, -0.1) is 0 Å². The van der Waals surface area contributed by atoms with Crippen molar-refractivity contribution in [2.75, 3.05) is 0 Å². The highest BCUT2D eigenvalue weighted by Gasteiger charge is 2.26. The molecule has 0 bridgehead atoms. The van der Waals surface area contributed by atoms with Crippen LogP contribution in [0.4, 0.5) is 20.2 Å². The molecule has 0 heterocycles. The predicted octanol–water partition coefficient (Wildman–Crippen LogP) is 5.71. The molecule has 0 aliphatic heterocycles. The van der Waals surface area contributed by atoms with Crippen LogP contribution in [0, 0.1) is 75.1 Å². The zero-order valence-electron chi connectivity index (χ0n) is 14.5. The van der Waals surface area contributed by atoms with E-state index in [1.807, 2.05) is 0 Å². The molecule has 0 spiro atoms. The third-order valence-corrected chi connectivity index (χ3v) is 4.51. The molecule has 0 saturated heterocycles. The third kappa shape index (κ3) is 2.37. The second-order valence-corrected chi connectivity index (χ2v) is 5.77. The summed E-state index contributed by atoms with van der Waals surface area (Å²) in [5.74, 6) is -1.80. The van der Waals surface area contributed by atoms with Crippen molar-refractivity contribution in [3.63, 3.8) is 0 Å². The summed E-state index contributed by atoms with van der Waals surface area (Å²) in [7, 11) is 0. The number of nitrogens with zero attached hydrogens (tertiary/aromatic N) is 4. The van der Waals surface area contributed by atoms with Crippen molar-refractivity contribution in [3.8, 4) is 23.3 Å². The number of benzene rings is 2. The van der Waals surface area contributed by atoms with Gasteiger partial charge in [0.25, 0.3) is 0 Å². The number of hydrogen-bond donors (Lipinski definition) is 0. The van der Waals surface area contributed by atoms with Crippen molar-refractivity contribution in [1.82, 2.24) is 0 Å². The van der Waals surface area contributed by atoms with Crippen LogP contribution in [0.15, 0.2) is 0 Å². The summed E-state index contributed by atoms with van der Waals surface area (Å²) in [4.78, 5) is 6.38. The first-order valence-corrected chi connectivity index (χ1v) is 7.47. The minimum Gasteiger partial charge on any atom is -0.235 e. The minimum atomic E-state index is -0.899. The second-order valence-electron chi connectivity index (χ2n) is 5.77. The van der Waals surface area contributed by atoms with E-state index in [1.165, 1.54) is 27.7 Å². The van der Waals surface area contributed by atoms with Gasteiger partial charge in [0.1, 0.15) is 23.8 Å². The largest absolute Gasteiger partial charge is 0.235 e. The second kappa shape index (κ2) is 6.64. The highest BCUT2D eigenvalue weighted by atomic mass is 19.1. The molecule has 6 heteroatoms. The summed E-state index contributed by atoms with van der Waals surface area (Å²) in [6.07, 6.45) is 0. The van der Waals surface area contributed by atoms with Gasteiger partial charge in [0.15, 0.2) is 0 Å². The van der Waals surface area contributed by atoms with E-state index in [9.17, 15) is 19.3 Å². The Morgan fingerprint density at radius 2 is 1.00 bits per heavy atom. The maximum Gasteiger partial charge on any atom is 0.226 e. The zero-order chi connectivity index (χ0) is 19.8. The Morgan fingerprint density at radius 1 is 0.692 bits per heavy atom. The molecule has 0 radical (unpaired) electrons. The highest BCUT2D eigenvalue weighted by molar-refractivity contribution is 5.87. The van der Waals surface area contributed by atoms with Gasteiger partial charge in [-0.05, 0) is 61.1 Å². The quantitative estimate of drug-likeness (QED) is 0.621. The molecule has 0 N–H and O–H groups in total. The Hall–Kier alpha value is -3.74. The van der Waals surface area contributed by atoms with Gasteiger partial charge in [0.2, 0.25) is 11.4 Å². The van der Waals surface area contributed by atoms with E-state index in [4.69, 9.17) is 13.1 Å². The smallest absolute Gasteiger partial charge is 0.226 e. The fourth-order valence-corrected chi connectivity index (χ4v) is 3.23. The lowest BCUT2D eigenvalue weighted by Gasteiger charge is -2.20. The van der Waals surface area contributed by atoms with Crippen molar-refractivity contribution in [3.05, 3.63) is 67.8 Å². The maximum absolute atomic E-state index is 14.4. The summed E-state index contributed by atoms with van der Waals surface area (Å²) in [6.45, 7) is 20.6. The zero-order valence-corrected chi connectivity index (χ0v) is 14.5. The van der Waals surface area contributed by atoms with E-state index in [2.05, 4.69) is 9.69 Å². The molecule has 2 aromatic rings. The average Bonchev–Trinajstić information content (AvgIpc) is 2.59. The average molecular weight is 346 g/mol. The van der Waals surface area contributed by atoms with E-state index in [-0.39, 0.29) is 44.8 Å². The van der Waals surface area contributed by atoms with E-state index in [0.717, 1.165) is 0 Å². The van der Waals surface area contributed by atoms with Crippen molar-refractivity contribution in [2.24, 2.45) is 0 Å². The molecule has 0 atom stereocenters. The van der Waals surface area contributed by atoms with Crippen LogP contribution >= 0.6 is 0 Å². The molecule has 0 aliphatic rings. The van der Waals surface area contributed by atoms with Gasteiger partial charge in [0, 0.05) is 0 Å².